The molecule has 0 fully saturated rings. The van der Waals surface area contributed by atoms with E-state index in [1.54, 1.807) is 0 Å². The molecule has 0 unspecified atom stereocenters. The molecule has 0 aliphatic rings. The molecule has 4 heteroatoms. The molecule has 21 heavy (non-hydrogen) atoms. The van der Waals surface area contributed by atoms with Gasteiger partial charge in [0.1, 0.15) is 0 Å². The van der Waals surface area contributed by atoms with Crippen LogP contribution in [0.1, 0.15) is 18.1 Å². The maximum Gasteiger partial charge on any atom is 0.243 e. The van der Waals surface area contributed by atoms with E-state index < -0.39 is 0 Å². The zero-order valence-electron chi connectivity index (χ0n) is 12.2. The molecule has 0 aliphatic carbocycles. The lowest BCUT2D eigenvalue weighted by Crippen LogP contribution is -2.22. The van der Waals surface area contributed by atoms with E-state index in [-0.39, 0.29) is 12.5 Å². The largest absolute Gasteiger partial charge is 0.375 e. The van der Waals surface area contributed by atoms with Gasteiger partial charge in [-0.15, -0.1) is 0 Å². The van der Waals surface area contributed by atoms with Crippen LogP contribution in [0.4, 0.5) is 11.4 Å². The number of carbonyl (C=O) groups is 1. The summed E-state index contributed by atoms with van der Waals surface area (Å²) in [6.45, 7) is 4.22. The van der Waals surface area contributed by atoms with Crippen molar-refractivity contribution in [2.75, 3.05) is 17.2 Å². The van der Waals surface area contributed by atoms with Crippen molar-refractivity contribution in [2.45, 2.75) is 20.3 Å². The van der Waals surface area contributed by atoms with Crippen molar-refractivity contribution in [3.05, 3.63) is 58.6 Å². The first-order valence-electron chi connectivity index (χ1n) is 6.98. The second-order valence-electron chi connectivity index (χ2n) is 4.90. The monoisotopic (exact) mass is 302 g/mol. The third-order valence-electron chi connectivity index (χ3n) is 3.24. The lowest BCUT2D eigenvalue weighted by atomic mass is 10.1. The van der Waals surface area contributed by atoms with Gasteiger partial charge in [-0.3, -0.25) is 4.79 Å². The fraction of sp³-hybridized carbons (Fsp3) is 0.235. The van der Waals surface area contributed by atoms with Gasteiger partial charge >= 0.3 is 0 Å². The first kappa shape index (κ1) is 15.4. The smallest absolute Gasteiger partial charge is 0.243 e. The highest BCUT2D eigenvalue weighted by Crippen LogP contribution is 2.22. The molecule has 2 aromatic carbocycles. The van der Waals surface area contributed by atoms with Crippen molar-refractivity contribution in [3.63, 3.8) is 0 Å². The van der Waals surface area contributed by atoms with Gasteiger partial charge in [0.2, 0.25) is 5.91 Å². The third-order valence-corrected chi connectivity index (χ3v) is 3.55. The standard InChI is InChI=1S/C17H19ClN2O/c1-3-13-6-4-5-7-15(13)20-17(21)11-19-16-9-8-12(2)10-14(16)18/h4-10,19H,3,11H2,1-2H3,(H,20,21). The average Bonchev–Trinajstić information content (AvgIpc) is 2.47. The average molecular weight is 303 g/mol. The third kappa shape index (κ3) is 4.23. The van der Waals surface area contributed by atoms with Crippen LogP contribution in [0.15, 0.2) is 42.5 Å². The van der Waals surface area contributed by atoms with Crippen LogP contribution in [-0.2, 0) is 11.2 Å². The maximum atomic E-state index is 12.0. The summed E-state index contributed by atoms with van der Waals surface area (Å²) in [5, 5.41) is 6.59. The topological polar surface area (TPSA) is 41.1 Å². The molecule has 0 aliphatic heterocycles. The number of amides is 1. The van der Waals surface area contributed by atoms with E-state index in [4.69, 9.17) is 11.6 Å². The van der Waals surface area contributed by atoms with E-state index in [1.807, 2.05) is 49.4 Å². The predicted molar refractivity (Wildman–Crippen MR) is 89.1 cm³/mol. The minimum atomic E-state index is -0.0902. The number of anilines is 2. The molecule has 0 atom stereocenters. The van der Waals surface area contributed by atoms with Gasteiger partial charge in [0.15, 0.2) is 0 Å². The highest BCUT2D eigenvalue weighted by Gasteiger charge is 2.06. The Kier molecular flexibility index (Phi) is 5.23. The number of aryl methyl sites for hydroxylation is 2. The summed E-state index contributed by atoms with van der Waals surface area (Å²) in [5.74, 6) is -0.0902. The van der Waals surface area contributed by atoms with Gasteiger partial charge in [-0.1, -0.05) is 42.8 Å². The Morgan fingerprint density at radius 3 is 2.62 bits per heavy atom. The van der Waals surface area contributed by atoms with Crippen LogP contribution in [0.2, 0.25) is 5.02 Å². The first-order chi connectivity index (χ1) is 10.1. The zero-order valence-corrected chi connectivity index (χ0v) is 13.0. The van der Waals surface area contributed by atoms with E-state index in [1.165, 1.54) is 0 Å². The molecule has 1 amide bonds. The van der Waals surface area contributed by atoms with Crippen LogP contribution in [-0.4, -0.2) is 12.5 Å². The van der Waals surface area contributed by atoms with Crippen LogP contribution < -0.4 is 10.6 Å². The molecule has 110 valence electrons. The number of carbonyl (C=O) groups excluding carboxylic acids is 1. The summed E-state index contributed by atoms with van der Waals surface area (Å²) in [5.41, 5.74) is 3.84. The van der Waals surface area contributed by atoms with Gasteiger partial charge in [0.05, 0.1) is 17.3 Å². The number of halogens is 1. The fourth-order valence-corrected chi connectivity index (χ4v) is 2.39. The van der Waals surface area contributed by atoms with E-state index in [2.05, 4.69) is 17.6 Å². The minimum absolute atomic E-state index is 0.0902. The Morgan fingerprint density at radius 2 is 1.90 bits per heavy atom. The molecule has 0 spiro atoms. The number of benzene rings is 2. The molecular weight excluding hydrogens is 284 g/mol. The maximum absolute atomic E-state index is 12.0. The van der Waals surface area contributed by atoms with Gasteiger partial charge < -0.3 is 10.6 Å². The SMILES string of the molecule is CCc1ccccc1NC(=O)CNc1ccc(C)cc1Cl. The summed E-state index contributed by atoms with van der Waals surface area (Å²) in [6.07, 6.45) is 0.883. The molecule has 0 aromatic heterocycles. The van der Waals surface area contributed by atoms with Crippen LogP contribution in [0.25, 0.3) is 0 Å². The van der Waals surface area contributed by atoms with Gasteiger partial charge in [-0.2, -0.15) is 0 Å². The Labute approximate surface area is 130 Å². The molecule has 3 nitrogen and oxygen atoms in total. The molecule has 2 rings (SSSR count). The Balaban J connectivity index is 1.96. The fourth-order valence-electron chi connectivity index (χ4n) is 2.08. The van der Waals surface area contributed by atoms with E-state index in [9.17, 15) is 4.79 Å². The van der Waals surface area contributed by atoms with Crippen molar-refractivity contribution in [1.29, 1.82) is 0 Å². The number of rotatable bonds is 5. The van der Waals surface area contributed by atoms with Crippen molar-refractivity contribution in [1.82, 2.24) is 0 Å². The molecule has 2 N–H and O–H groups in total. The highest BCUT2D eigenvalue weighted by molar-refractivity contribution is 6.33. The number of hydrogen-bond acceptors (Lipinski definition) is 2. The predicted octanol–water partition coefficient (Wildman–Crippen LogP) is 4.26. The van der Waals surface area contributed by atoms with Crippen molar-refractivity contribution < 1.29 is 4.79 Å². The lowest BCUT2D eigenvalue weighted by molar-refractivity contribution is -0.114. The number of hydrogen-bond donors (Lipinski definition) is 2. The van der Waals surface area contributed by atoms with E-state index in [0.717, 1.165) is 28.9 Å². The van der Waals surface area contributed by atoms with Gasteiger partial charge in [-0.25, -0.2) is 0 Å². The molecular formula is C17H19ClN2O. The Morgan fingerprint density at radius 1 is 1.14 bits per heavy atom. The molecule has 0 heterocycles. The Hall–Kier alpha value is -2.00. The van der Waals surface area contributed by atoms with Crippen LogP contribution in [0.3, 0.4) is 0 Å². The quantitative estimate of drug-likeness (QED) is 0.866. The summed E-state index contributed by atoms with van der Waals surface area (Å²) in [7, 11) is 0. The molecule has 0 saturated carbocycles. The summed E-state index contributed by atoms with van der Waals surface area (Å²) in [6, 6.07) is 13.5. The molecule has 0 radical (unpaired) electrons. The van der Waals surface area contributed by atoms with E-state index >= 15 is 0 Å². The lowest BCUT2D eigenvalue weighted by Gasteiger charge is -2.11. The summed E-state index contributed by atoms with van der Waals surface area (Å²) in [4.78, 5) is 12.0. The number of para-hydroxylation sites is 1. The van der Waals surface area contributed by atoms with Crippen LogP contribution in [0.5, 0.6) is 0 Å². The van der Waals surface area contributed by atoms with Gasteiger partial charge in [-0.05, 0) is 42.7 Å². The van der Waals surface area contributed by atoms with Gasteiger partial charge in [0.25, 0.3) is 0 Å². The molecule has 0 saturated heterocycles. The zero-order chi connectivity index (χ0) is 15.2. The van der Waals surface area contributed by atoms with Crippen molar-refractivity contribution in [2.24, 2.45) is 0 Å². The van der Waals surface area contributed by atoms with Crippen LogP contribution in [0, 0.1) is 6.92 Å². The summed E-state index contributed by atoms with van der Waals surface area (Å²) >= 11 is 6.13. The van der Waals surface area contributed by atoms with Crippen molar-refractivity contribution >= 4 is 28.9 Å². The van der Waals surface area contributed by atoms with Crippen molar-refractivity contribution in [3.8, 4) is 0 Å². The number of nitrogens with one attached hydrogen (secondary N) is 2. The van der Waals surface area contributed by atoms with Gasteiger partial charge in [0, 0.05) is 5.69 Å². The second kappa shape index (κ2) is 7.14. The van der Waals surface area contributed by atoms with Crippen LogP contribution >= 0.6 is 11.6 Å². The second-order valence-corrected chi connectivity index (χ2v) is 5.30. The summed E-state index contributed by atoms with van der Waals surface area (Å²) < 4.78 is 0. The first-order valence-corrected chi connectivity index (χ1v) is 7.35. The Bertz CT molecular complexity index is 640. The van der Waals surface area contributed by atoms with E-state index in [0.29, 0.717) is 5.02 Å². The normalized spacial score (nSPS) is 10.2. The minimum Gasteiger partial charge on any atom is -0.375 e. The highest BCUT2D eigenvalue weighted by atomic mass is 35.5. The molecule has 2 aromatic rings. The molecule has 0 bridgehead atoms.